The van der Waals surface area contributed by atoms with Gasteiger partial charge in [-0.05, 0) is 42.5 Å². The van der Waals surface area contributed by atoms with Gasteiger partial charge in [-0.3, -0.25) is 9.59 Å². The first-order valence-corrected chi connectivity index (χ1v) is 9.78. The maximum atomic E-state index is 12.6. The number of carbonyl (C=O) groups excluding carboxylic acids is 2. The molecule has 0 saturated carbocycles. The first kappa shape index (κ1) is 21.0. The zero-order valence-corrected chi connectivity index (χ0v) is 16.9. The fourth-order valence-electron chi connectivity index (χ4n) is 3.16. The number of hydrogen-bond donors (Lipinski definition) is 1. The van der Waals surface area contributed by atoms with Crippen molar-refractivity contribution in [1.82, 2.24) is 4.98 Å². The van der Waals surface area contributed by atoms with Crippen molar-refractivity contribution in [3.8, 4) is 0 Å². The van der Waals surface area contributed by atoms with Crippen molar-refractivity contribution in [3.05, 3.63) is 52.8 Å². The Morgan fingerprint density at radius 1 is 1.07 bits per heavy atom. The number of benzene rings is 1. The molecule has 0 radical (unpaired) electrons. The van der Waals surface area contributed by atoms with E-state index in [1.54, 1.807) is 4.90 Å². The number of nitrogens with zero attached hydrogens (tertiary/aromatic N) is 1. The van der Waals surface area contributed by atoms with Gasteiger partial charge in [-0.1, -0.05) is 32.0 Å². The molecule has 6 heteroatoms. The molecule has 5 nitrogen and oxygen atoms in total. The summed E-state index contributed by atoms with van der Waals surface area (Å²) >= 11 is 5.91. The summed E-state index contributed by atoms with van der Waals surface area (Å²) in [6, 6.07) is 10.0. The van der Waals surface area contributed by atoms with Crippen LogP contribution in [0.1, 0.15) is 42.8 Å². The molecule has 0 fully saturated rings. The van der Waals surface area contributed by atoms with Crippen molar-refractivity contribution in [1.29, 1.82) is 0 Å². The van der Waals surface area contributed by atoms with Crippen molar-refractivity contribution in [3.63, 3.8) is 0 Å². The largest absolute Gasteiger partial charge is 0.469 e. The van der Waals surface area contributed by atoms with Crippen molar-refractivity contribution in [2.75, 3.05) is 17.9 Å². The van der Waals surface area contributed by atoms with E-state index in [2.05, 4.69) is 35.7 Å². The molecule has 0 saturated heterocycles. The molecule has 0 unspecified atom stereocenters. The number of aromatic nitrogens is 1. The Morgan fingerprint density at radius 2 is 1.70 bits per heavy atom. The lowest BCUT2D eigenvalue weighted by atomic mass is 10.0. The van der Waals surface area contributed by atoms with Crippen LogP contribution < -0.4 is 4.90 Å². The molecule has 0 bridgehead atoms. The lowest BCUT2D eigenvalue weighted by Crippen LogP contribution is -2.33. The van der Waals surface area contributed by atoms with Crippen molar-refractivity contribution < 1.29 is 14.3 Å². The van der Waals surface area contributed by atoms with Gasteiger partial charge < -0.3 is 14.6 Å². The number of carbonyl (C=O) groups is 2. The van der Waals surface area contributed by atoms with Gasteiger partial charge in [0.25, 0.3) is 0 Å². The highest BCUT2D eigenvalue weighted by atomic mass is 35.5. The first-order valence-electron chi connectivity index (χ1n) is 9.24. The molecule has 0 spiro atoms. The lowest BCUT2D eigenvalue weighted by Gasteiger charge is -2.26. The van der Waals surface area contributed by atoms with Gasteiger partial charge in [-0.25, -0.2) is 0 Å². The van der Waals surface area contributed by atoms with Gasteiger partial charge in [-0.2, -0.15) is 0 Å². The molecule has 2 rings (SSSR count). The van der Waals surface area contributed by atoms with E-state index in [1.165, 1.54) is 7.11 Å². The molecule has 1 amide bonds. The number of aromatic amines is 1. The molecular formula is C21H27ClN2O3. The minimum absolute atomic E-state index is 0.0723. The van der Waals surface area contributed by atoms with Gasteiger partial charge in [0.2, 0.25) is 5.91 Å². The Hall–Kier alpha value is -2.27. The number of H-pyrrole nitrogens is 1. The number of rotatable bonds is 9. The van der Waals surface area contributed by atoms with Crippen LogP contribution in [0.5, 0.6) is 0 Å². The first-order chi connectivity index (χ1) is 13.0. The monoisotopic (exact) mass is 390 g/mol. The van der Waals surface area contributed by atoms with Crippen LogP contribution in [-0.4, -0.2) is 29.9 Å². The van der Waals surface area contributed by atoms with E-state index in [-0.39, 0.29) is 17.8 Å². The number of anilines is 1. The van der Waals surface area contributed by atoms with E-state index >= 15 is 0 Å². The number of amides is 1. The highest BCUT2D eigenvalue weighted by molar-refractivity contribution is 6.29. The number of halogens is 1. The smallest absolute Gasteiger partial charge is 0.305 e. The van der Waals surface area contributed by atoms with Gasteiger partial charge in [0.05, 0.1) is 25.8 Å². The van der Waals surface area contributed by atoms with Crippen LogP contribution in [0.15, 0.2) is 30.3 Å². The number of nitrogens with one attached hydrogen (secondary N) is 1. The fourth-order valence-corrected chi connectivity index (χ4v) is 3.31. The predicted octanol–water partition coefficient (Wildman–Crippen LogP) is 4.02. The predicted molar refractivity (Wildman–Crippen MR) is 108 cm³/mol. The molecule has 0 atom stereocenters. The van der Waals surface area contributed by atoms with E-state index in [0.29, 0.717) is 19.4 Å². The van der Waals surface area contributed by atoms with Crippen molar-refractivity contribution in [2.45, 2.75) is 46.1 Å². The second-order valence-corrected chi connectivity index (χ2v) is 6.60. The molecule has 0 aliphatic carbocycles. The van der Waals surface area contributed by atoms with Gasteiger partial charge >= 0.3 is 5.97 Å². The van der Waals surface area contributed by atoms with Crippen molar-refractivity contribution >= 4 is 29.2 Å². The molecule has 27 heavy (non-hydrogen) atoms. The summed E-state index contributed by atoms with van der Waals surface area (Å²) in [4.78, 5) is 29.0. The van der Waals surface area contributed by atoms with E-state index in [4.69, 9.17) is 11.6 Å². The minimum Gasteiger partial charge on any atom is -0.469 e. The molecular weight excluding hydrogens is 364 g/mol. The molecule has 146 valence electrons. The van der Waals surface area contributed by atoms with Crippen LogP contribution in [0, 0.1) is 0 Å². The summed E-state index contributed by atoms with van der Waals surface area (Å²) in [6.45, 7) is 4.58. The number of esters is 1. The van der Waals surface area contributed by atoms with Gasteiger partial charge in [0, 0.05) is 11.4 Å². The molecule has 1 aromatic heterocycles. The number of hydrogen-bond acceptors (Lipinski definition) is 3. The average Bonchev–Trinajstić information content (AvgIpc) is 3.16. The highest BCUT2D eigenvalue weighted by Gasteiger charge is 2.21. The van der Waals surface area contributed by atoms with Crippen LogP contribution in [0.2, 0.25) is 0 Å². The Labute approximate surface area is 165 Å². The normalized spacial score (nSPS) is 10.7. The fraction of sp³-hybridized carbons (Fsp3) is 0.429. The Bertz CT molecular complexity index is 763. The molecule has 1 heterocycles. The van der Waals surface area contributed by atoms with Gasteiger partial charge in [0.1, 0.15) is 5.88 Å². The number of aryl methyl sites for hydroxylation is 3. The van der Waals surface area contributed by atoms with E-state index in [1.807, 2.05) is 18.2 Å². The van der Waals surface area contributed by atoms with E-state index in [9.17, 15) is 9.59 Å². The Morgan fingerprint density at radius 3 is 2.26 bits per heavy atom. The molecule has 0 aliphatic rings. The summed E-state index contributed by atoms with van der Waals surface area (Å²) in [5.74, 6) is -0.440. The van der Waals surface area contributed by atoms with Gasteiger partial charge in [0.15, 0.2) is 0 Å². The lowest BCUT2D eigenvalue weighted by molar-refractivity contribution is -0.140. The third kappa shape index (κ3) is 5.36. The quantitative estimate of drug-likeness (QED) is 0.519. The van der Waals surface area contributed by atoms with Crippen LogP contribution in [0.3, 0.4) is 0 Å². The summed E-state index contributed by atoms with van der Waals surface area (Å²) in [6.07, 6.45) is 2.57. The third-order valence-corrected chi connectivity index (χ3v) is 4.84. The van der Waals surface area contributed by atoms with E-state index in [0.717, 1.165) is 41.0 Å². The summed E-state index contributed by atoms with van der Waals surface area (Å²) in [5, 5.41) is 0. The molecule has 0 aliphatic heterocycles. The Balaban J connectivity index is 2.28. The zero-order chi connectivity index (χ0) is 19.8. The molecule has 2 aromatic rings. The summed E-state index contributed by atoms with van der Waals surface area (Å²) in [7, 11) is 1.38. The molecule has 1 N–H and O–H groups in total. The number of ether oxygens (including phenoxy) is 1. The third-order valence-electron chi connectivity index (χ3n) is 4.61. The van der Waals surface area contributed by atoms with Crippen LogP contribution in [0.25, 0.3) is 0 Å². The summed E-state index contributed by atoms with van der Waals surface area (Å²) < 4.78 is 4.68. The van der Waals surface area contributed by atoms with Crippen LogP contribution in [0.4, 0.5) is 5.69 Å². The average molecular weight is 391 g/mol. The summed E-state index contributed by atoms with van der Waals surface area (Å²) in [5.41, 5.74) is 5.06. The highest BCUT2D eigenvalue weighted by Crippen LogP contribution is 2.29. The maximum absolute atomic E-state index is 12.6. The number of para-hydroxylation sites is 1. The minimum atomic E-state index is -0.241. The second-order valence-electron chi connectivity index (χ2n) is 6.33. The van der Waals surface area contributed by atoms with Crippen LogP contribution in [-0.2, 0) is 40.1 Å². The standard InChI is InChI=1S/C21H27ClN2O3/c1-4-15-7-6-8-16(5-2)21(15)24(19(25)13-22)14-18-10-9-17(23-18)11-12-20(26)27-3/h6-10,23H,4-5,11-14H2,1-3H3. The number of methoxy groups -OCH3 is 1. The number of alkyl halides is 1. The topological polar surface area (TPSA) is 62.4 Å². The Kier molecular flexibility index (Phi) is 7.92. The van der Waals surface area contributed by atoms with Crippen LogP contribution >= 0.6 is 11.6 Å². The zero-order valence-electron chi connectivity index (χ0n) is 16.2. The SMILES string of the molecule is CCc1cccc(CC)c1N(Cc1ccc(CCC(=O)OC)[nH]1)C(=O)CCl. The maximum Gasteiger partial charge on any atom is 0.305 e. The van der Waals surface area contributed by atoms with Gasteiger partial charge in [-0.15, -0.1) is 11.6 Å². The second kappa shape index (κ2) is 10.2. The van der Waals surface area contributed by atoms with E-state index < -0.39 is 0 Å². The molecule has 1 aromatic carbocycles. The van der Waals surface area contributed by atoms with Crippen molar-refractivity contribution in [2.24, 2.45) is 0 Å².